The number of nitrogens with zero attached hydrogens (tertiary/aromatic N) is 1. The topological polar surface area (TPSA) is 44.4 Å². The third-order valence-corrected chi connectivity index (χ3v) is 8.75. The van der Waals surface area contributed by atoms with Gasteiger partial charge in [-0.25, -0.2) is 0 Å². The summed E-state index contributed by atoms with van der Waals surface area (Å²) in [5.41, 5.74) is 1.83. The van der Waals surface area contributed by atoms with E-state index in [1.807, 2.05) is 30.3 Å². The van der Waals surface area contributed by atoms with Gasteiger partial charge < -0.3 is 10.6 Å². The van der Waals surface area contributed by atoms with Crippen molar-refractivity contribution in [3.8, 4) is 0 Å². The first kappa shape index (κ1) is 23.2. The molecule has 4 bridgehead atoms. The summed E-state index contributed by atoms with van der Waals surface area (Å²) in [5.74, 6) is 2.13. The van der Waals surface area contributed by atoms with E-state index in [0.29, 0.717) is 40.4 Å². The Balaban J connectivity index is 1.40. The third-order valence-electron chi connectivity index (χ3n) is 8.01. The van der Waals surface area contributed by atoms with Crippen LogP contribution in [0.1, 0.15) is 37.8 Å². The Morgan fingerprint density at radius 1 is 1.15 bits per heavy atom. The number of hydrogen-bond donors (Lipinski definition) is 2. The molecule has 1 aliphatic carbocycles. The van der Waals surface area contributed by atoms with Crippen molar-refractivity contribution in [2.45, 2.75) is 51.4 Å². The Hall–Kier alpha value is -1.59. The van der Waals surface area contributed by atoms with Crippen molar-refractivity contribution in [3.05, 3.63) is 69.7 Å². The van der Waals surface area contributed by atoms with Crippen LogP contribution in [-0.2, 0) is 17.9 Å². The Kier molecular flexibility index (Phi) is 6.47. The number of carbonyl (C=O) groups is 1. The van der Waals surface area contributed by atoms with Gasteiger partial charge in [-0.2, -0.15) is 0 Å². The van der Waals surface area contributed by atoms with Gasteiger partial charge in [0.1, 0.15) is 5.54 Å². The fourth-order valence-corrected chi connectivity index (χ4v) is 7.01. The molecule has 1 saturated carbocycles. The fraction of sp³-hybridized carbons (Fsp3) is 0.519. The molecule has 0 radical (unpaired) electrons. The van der Waals surface area contributed by atoms with Crippen molar-refractivity contribution in [2.24, 2.45) is 23.7 Å². The van der Waals surface area contributed by atoms with Crippen LogP contribution < -0.4 is 10.6 Å². The van der Waals surface area contributed by atoms with Crippen LogP contribution in [0.15, 0.2) is 48.5 Å². The average Bonchev–Trinajstić information content (AvgIpc) is 3.10. The molecule has 4 fully saturated rings. The van der Waals surface area contributed by atoms with Crippen LogP contribution in [0.2, 0.25) is 10.0 Å². The van der Waals surface area contributed by atoms with Gasteiger partial charge in [0.25, 0.3) is 0 Å². The summed E-state index contributed by atoms with van der Waals surface area (Å²) in [6.45, 7) is 7.93. The van der Waals surface area contributed by atoms with Crippen molar-refractivity contribution >= 4 is 29.1 Å². The normalized spacial score (nSPS) is 30.7. The summed E-state index contributed by atoms with van der Waals surface area (Å²) < 4.78 is 0. The summed E-state index contributed by atoms with van der Waals surface area (Å²) in [5, 5.41) is 8.23. The van der Waals surface area contributed by atoms with Crippen molar-refractivity contribution < 1.29 is 4.79 Å². The molecule has 4 aliphatic rings. The van der Waals surface area contributed by atoms with Crippen molar-refractivity contribution in [3.63, 3.8) is 0 Å². The van der Waals surface area contributed by atoms with E-state index < -0.39 is 5.54 Å². The number of halogens is 2. The maximum absolute atomic E-state index is 13.8. The molecule has 0 unspecified atom stereocenters. The van der Waals surface area contributed by atoms with Crippen LogP contribution >= 0.6 is 23.2 Å². The van der Waals surface area contributed by atoms with E-state index in [-0.39, 0.29) is 11.8 Å². The van der Waals surface area contributed by atoms with Gasteiger partial charge in [0.05, 0.1) is 10.0 Å². The predicted molar refractivity (Wildman–Crippen MR) is 134 cm³/mol. The predicted octanol–water partition coefficient (Wildman–Crippen LogP) is 5.13. The molecule has 2 aromatic rings. The molecular formula is C27H33Cl2N3O. The largest absolute Gasteiger partial charge is 0.350 e. The Morgan fingerprint density at radius 2 is 1.94 bits per heavy atom. The molecule has 0 spiro atoms. The molecule has 5 atom stereocenters. The van der Waals surface area contributed by atoms with Gasteiger partial charge in [-0.15, -0.1) is 0 Å². The summed E-state index contributed by atoms with van der Waals surface area (Å²) in [4.78, 5) is 16.4. The maximum atomic E-state index is 13.8. The van der Waals surface area contributed by atoms with Gasteiger partial charge in [-0.1, -0.05) is 73.4 Å². The minimum atomic E-state index is -0.491. The number of carbonyl (C=O) groups excluding carboxylic acids is 1. The molecule has 0 aromatic heterocycles. The van der Waals surface area contributed by atoms with E-state index in [0.717, 1.165) is 38.0 Å². The van der Waals surface area contributed by atoms with Gasteiger partial charge >= 0.3 is 0 Å². The number of benzene rings is 2. The molecule has 2 aromatic carbocycles. The zero-order valence-corrected chi connectivity index (χ0v) is 20.9. The first-order chi connectivity index (χ1) is 15.9. The molecule has 3 heterocycles. The monoisotopic (exact) mass is 485 g/mol. The maximum Gasteiger partial charge on any atom is 0.240 e. The van der Waals surface area contributed by atoms with Crippen LogP contribution in [-0.4, -0.2) is 35.5 Å². The second-order valence-electron chi connectivity index (χ2n) is 10.6. The van der Waals surface area contributed by atoms with E-state index in [1.54, 1.807) is 0 Å². The fourth-order valence-electron chi connectivity index (χ4n) is 6.69. The molecule has 6 rings (SSSR count). The molecule has 176 valence electrons. The van der Waals surface area contributed by atoms with Crippen LogP contribution in [0.3, 0.4) is 0 Å². The van der Waals surface area contributed by atoms with Gasteiger partial charge in [-0.3, -0.25) is 9.69 Å². The van der Waals surface area contributed by atoms with E-state index in [9.17, 15) is 4.79 Å². The standard InChI is InChI=1S/C27H33Cl2N3O/c1-17(2)10-22-25-21-14-31-27(22,26(33)30-13-18-6-4-3-5-7-18)12-20(21)16-32(25)15-19-8-9-23(28)24(29)11-19/h3-9,11,17,20-22,25,31H,10,12-16H2,1-2H3,(H,30,33)/t20-,21-,22-,25+,27+/m1/s1. The number of likely N-dealkylation sites (tertiary alicyclic amines) is 1. The lowest BCUT2D eigenvalue weighted by atomic mass is 9.57. The molecule has 3 saturated heterocycles. The molecule has 4 nitrogen and oxygen atoms in total. The third kappa shape index (κ3) is 4.32. The lowest BCUT2D eigenvalue weighted by molar-refractivity contribution is -0.139. The number of fused-ring (bicyclic) bond motifs is 1. The lowest BCUT2D eigenvalue weighted by Crippen LogP contribution is -2.74. The van der Waals surface area contributed by atoms with E-state index >= 15 is 0 Å². The summed E-state index contributed by atoms with van der Waals surface area (Å²) in [6.07, 6.45) is 1.96. The van der Waals surface area contributed by atoms with Crippen LogP contribution in [0.4, 0.5) is 0 Å². The van der Waals surface area contributed by atoms with E-state index in [4.69, 9.17) is 23.2 Å². The first-order valence-corrected chi connectivity index (χ1v) is 12.9. The minimum absolute atomic E-state index is 0.168. The van der Waals surface area contributed by atoms with Gasteiger partial charge in [0.15, 0.2) is 0 Å². The Bertz CT molecular complexity index is 1010. The highest BCUT2D eigenvalue weighted by atomic mass is 35.5. The van der Waals surface area contributed by atoms with E-state index in [1.165, 1.54) is 5.56 Å². The average molecular weight is 486 g/mol. The minimum Gasteiger partial charge on any atom is -0.350 e. The van der Waals surface area contributed by atoms with E-state index in [2.05, 4.69) is 47.6 Å². The second-order valence-corrected chi connectivity index (χ2v) is 11.4. The quantitative estimate of drug-likeness (QED) is 0.570. The van der Waals surface area contributed by atoms with Crippen molar-refractivity contribution in [2.75, 3.05) is 13.1 Å². The van der Waals surface area contributed by atoms with Crippen LogP contribution in [0, 0.1) is 23.7 Å². The molecule has 3 aliphatic heterocycles. The number of piperidine rings is 2. The highest BCUT2D eigenvalue weighted by Crippen LogP contribution is 2.54. The molecule has 1 amide bonds. The SMILES string of the molecule is CC(C)C[C@@H]1[C@@H]2[C@@H]3CN[C@@]1(C(=O)NCc1ccccc1)C[C@@H]3CN2Cc1ccc(Cl)c(Cl)c1. The first-order valence-electron chi connectivity index (χ1n) is 12.1. The van der Waals surface area contributed by atoms with Gasteiger partial charge in [-0.05, 0) is 53.9 Å². The van der Waals surface area contributed by atoms with Gasteiger partial charge in [0.2, 0.25) is 5.91 Å². The summed E-state index contributed by atoms with van der Waals surface area (Å²) in [6, 6.07) is 16.5. The van der Waals surface area contributed by atoms with Gasteiger partial charge in [0, 0.05) is 38.1 Å². The molecule has 2 N–H and O–H groups in total. The highest BCUT2D eigenvalue weighted by molar-refractivity contribution is 6.42. The Morgan fingerprint density at radius 3 is 2.67 bits per heavy atom. The lowest BCUT2D eigenvalue weighted by Gasteiger charge is -2.56. The number of nitrogens with one attached hydrogen (secondary N) is 2. The summed E-state index contributed by atoms with van der Waals surface area (Å²) in [7, 11) is 0. The van der Waals surface area contributed by atoms with Crippen LogP contribution in [0.25, 0.3) is 0 Å². The second kappa shape index (κ2) is 9.22. The zero-order valence-electron chi connectivity index (χ0n) is 19.4. The molecular weight excluding hydrogens is 453 g/mol. The molecule has 33 heavy (non-hydrogen) atoms. The van der Waals surface area contributed by atoms with Crippen LogP contribution in [0.5, 0.6) is 0 Å². The smallest absolute Gasteiger partial charge is 0.240 e. The zero-order chi connectivity index (χ0) is 23.2. The Labute approximate surface area is 207 Å². The van der Waals surface area contributed by atoms with Crippen molar-refractivity contribution in [1.29, 1.82) is 0 Å². The van der Waals surface area contributed by atoms with Crippen molar-refractivity contribution in [1.82, 2.24) is 15.5 Å². The summed E-state index contributed by atoms with van der Waals surface area (Å²) >= 11 is 12.5. The molecule has 6 heteroatoms. The number of hydrogen-bond acceptors (Lipinski definition) is 3. The number of rotatable bonds is 7. The number of amides is 1. The highest BCUT2D eigenvalue weighted by Gasteiger charge is 2.64.